The minimum absolute atomic E-state index is 0.0575. The number of benzene rings is 3. The molecule has 0 radical (unpaired) electrons. The average Bonchev–Trinajstić information content (AvgIpc) is 3.12. The highest BCUT2D eigenvalue weighted by Crippen LogP contribution is 2.37. The van der Waals surface area contributed by atoms with Gasteiger partial charge in [0.15, 0.2) is 18.1 Å². The van der Waals surface area contributed by atoms with Crippen LogP contribution in [0.3, 0.4) is 0 Å². The van der Waals surface area contributed by atoms with Gasteiger partial charge in [0, 0.05) is 5.69 Å². The zero-order valence-corrected chi connectivity index (χ0v) is 18.8. The molecule has 0 atom stereocenters. The number of hydrazine groups is 1. The van der Waals surface area contributed by atoms with Crippen molar-refractivity contribution >= 4 is 46.8 Å². The van der Waals surface area contributed by atoms with Gasteiger partial charge in [-0.25, -0.2) is 5.01 Å². The summed E-state index contributed by atoms with van der Waals surface area (Å²) in [6.45, 7) is -0.293. The molecule has 1 heterocycles. The quantitative estimate of drug-likeness (QED) is 0.398. The van der Waals surface area contributed by atoms with Gasteiger partial charge in [0.25, 0.3) is 17.7 Å². The Hall–Kier alpha value is -4.30. The third-order valence-corrected chi connectivity index (χ3v) is 5.15. The average molecular weight is 478 g/mol. The molecule has 0 aliphatic carbocycles. The summed E-state index contributed by atoms with van der Waals surface area (Å²) >= 11 is 6.38. The van der Waals surface area contributed by atoms with Gasteiger partial charge in [0.2, 0.25) is 0 Å². The molecule has 8 nitrogen and oxygen atoms in total. The molecule has 3 amide bonds. The second kappa shape index (κ2) is 10.1. The molecule has 0 saturated carbocycles. The van der Waals surface area contributed by atoms with Crippen LogP contribution >= 0.6 is 11.6 Å². The van der Waals surface area contributed by atoms with Crippen molar-refractivity contribution in [2.75, 3.05) is 24.0 Å². The molecule has 1 saturated heterocycles. The van der Waals surface area contributed by atoms with E-state index >= 15 is 0 Å². The summed E-state index contributed by atoms with van der Waals surface area (Å²) in [6.07, 6.45) is 1.42. The van der Waals surface area contributed by atoms with Gasteiger partial charge in [-0.15, -0.1) is 0 Å². The van der Waals surface area contributed by atoms with E-state index in [4.69, 9.17) is 21.1 Å². The van der Waals surface area contributed by atoms with Crippen LogP contribution in [0.2, 0.25) is 5.02 Å². The highest BCUT2D eigenvalue weighted by molar-refractivity contribution is 6.33. The fraction of sp³-hybridized carbons (Fsp3) is 0.0800. The SMILES string of the molecule is COc1cc(/C=C2/C(=O)NN(c3ccccc3)C2=O)cc(Cl)c1OCC(=O)Nc1ccccc1. The Labute approximate surface area is 200 Å². The Morgan fingerprint density at radius 2 is 1.74 bits per heavy atom. The van der Waals surface area contributed by atoms with E-state index in [1.807, 2.05) is 12.1 Å². The van der Waals surface area contributed by atoms with Crippen LogP contribution in [-0.4, -0.2) is 31.4 Å². The van der Waals surface area contributed by atoms with Gasteiger partial charge < -0.3 is 14.8 Å². The van der Waals surface area contributed by atoms with Gasteiger partial charge in [-0.3, -0.25) is 19.8 Å². The molecule has 1 aliphatic rings. The van der Waals surface area contributed by atoms with E-state index in [1.54, 1.807) is 54.6 Å². The van der Waals surface area contributed by atoms with E-state index in [0.29, 0.717) is 16.9 Å². The van der Waals surface area contributed by atoms with Gasteiger partial charge in [0.1, 0.15) is 5.57 Å². The Kier molecular flexibility index (Phi) is 6.79. The summed E-state index contributed by atoms with van der Waals surface area (Å²) in [5.41, 5.74) is 4.12. The minimum atomic E-state index is -0.540. The normalized spacial score (nSPS) is 14.2. The number of para-hydroxylation sites is 2. The summed E-state index contributed by atoms with van der Waals surface area (Å²) in [6, 6.07) is 20.8. The van der Waals surface area contributed by atoms with Crippen molar-refractivity contribution in [2.24, 2.45) is 0 Å². The summed E-state index contributed by atoms with van der Waals surface area (Å²) in [4.78, 5) is 37.4. The zero-order chi connectivity index (χ0) is 24.1. The second-order valence-corrected chi connectivity index (χ2v) is 7.62. The van der Waals surface area contributed by atoms with Crippen LogP contribution in [0.15, 0.2) is 78.4 Å². The van der Waals surface area contributed by atoms with Crippen molar-refractivity contribution in [2.45, 2.75) is 0 Å². The van der Waals surface area contributed by atoms with Gasteiger partial charge in [0.05, 0.1) is 17.8 Å². The molecule has 0 aromatic heterocycles. The lowest BCUT2D eigenvalue weighted by Crippen LogP contribution is -2.35. The molecule has 0 spiro atoms. The number of hydrogen-bond donors (Lipinski definition) is 2. The maximum absolute atomic E-state index is 12.8. The molecular formula is C25H20ClN3O5. The number of nitrogens with zero attached hydrogens (tertiary/aromatic N) is 1. The number of hydrogen-bond acceptors (Lipinski definition) is 5. The first-order valence-corrected chi connectivity index (χ1v) is 10.6. The minimum Gasteiger partial charge on any atom is -0.493 e. The number of amides is 3. The van der Waals surface area contributed by atoms with Crippen LogP contribution < -0.4 is 25.2 Å². The smallest absolute Gasteiger partial charge is 0.282 e. The van der Waals surface area contributed by atoms with E-state index in [2.05, 4.69) is 10.7 Å². The fourth-order valence-corrected chi connectivity index (χ4v) is 3.58. The molecule has 1 aliphatic heterocycles. The molecule has 9 heteroatoms. The van der Waals surface area contributed by atoms with E-state index in [9.17, 15) is 14.4 Å². The van der Waals surface area contributed by atoms with Crippen LogP contribution in [0, 0.1) is 0 Å². The molecule has 0 bridgehead atoms. The Morgan fingerprint density at radius 1 is 1.06 bits per heavy atom. The van der Waals surface area contributed by atoms with E-state index in [-0.39, 0.29) is 34.6 Å². The lowest BCUT2D eigenvalue weighted by Gasteiger charge is -2.14. The number of nitrogens with one attached hydrogen (secondary N) is 2. The highest BCUT2D eigenvalue weighted by atomic mass is 35.5. The fourth-order valence-electron chi connectivity index (χ4n) is 3.30. The van der Waals surface area contributed by atoms with Crippen LogP contribution in [0.1, 0.15) is 5.56 Å². The Morgan fingerprint density at radius 3 is 2.41 bits per heavy atom. The lowest BCUT2D eigenvalue weighted by atomic mass is 10.1. The van der Waals surface area contributed by atoms with Gasteiger partial charge in [-0.2, -0.15) is 0 Å². The molecule has 3 aromatic carbocycles. The summed E-state index contributed by atoms with van der Waals surface area (Å²) < 4.78 is 11.0. The van der Waals surface area contributed by atoms with Crippen molar-refractivity contribution in [3.63, 3.8) is 0 Å². The summed E-state index contributed by atoms with van der Waals surface area (Å²) in [5.74, 6) is -0.990. The molecule has 172 valence electrons. The van der Waals surface area contributed by atoms with Crippen molar-refractivity contribution in [1.29, 1.82) is 0 Å². The van der Waals surface area contributed by atoms with Gasteiger partial charge in [-0.1, -0.05) is 48.0 Å². The largest absolute Gasteiger partial charge is 0.493 e. The maximum atomic E-state index is 12.8. The number of ether oxygens (including phenoxy) is 2. The van der Waals surface area contributed by atoms with E-state index < -0.39 is 11.8 Å². The predicted molar refractivity (Wildman–Crippen MR) is 129 cm³/mol. The van der Waals surface area contributed by atoms with Gasteiger partial charge >= 0.3 is 0 Å². The van der Waals surface area contributed by atoms with Crippen LogP contribution in [0.5, 0.6) is 11.5 Å². The maximum Gasteiger partial charge on any atom is 0.282 e. The number of rotatable bonds is 7. The molecule has 1 fully saturated rings. The number of methoxy groups -OCH3 is 1. The standard InChI is InChI=1S/C25H20ClN3O5/c1-33-21-14-16(12-19-24(31)28-29(25(19)32)18-10-6-3-7-11-18)13-20(26)23(21)34-15-22(30)27-17-8-4-2-5-9-17/h2-14H,15H2,1H3,(H,27,30)(H,28,31)/b19-12-. The first kappa shape index (κ1) is 22.9. The third kappa shape index (κ3) is 5.02. The van der Waals surface area contributed by atoms with Crippen molar-refractivity contribution in [3.05, 3.63) is 89.0 Å². The number of carbonyl (C=O) groups is 3. The molecular weight excluding hydrogens is 458 g/mol. The van der Waals surface area contributed by atoms with Crippen molar-refractivity contribution < 1.29 is 23.9 Å². The molecule has 2 N–H and O–H groups in total. The number of halogens is 1. The third-order valence-electron chi connectivity index (χ3n) is 4.87. The van der Waals surface area contributed by atoms with Crippen LogP contribution in [-0.2, 0) is 14.4 Å². The topological polar surface area (TPSA) is 97.0 Å². The number of carbonyl (C=O) groups excluding carboxylic acids is 3. The molecule has 34 heavy (non-hydrogen) atoms. The Bertz CT molecular complexity index is 1260. The summed E-state index contributed by atoms with van der Waals surface area (Å²) in [5, 5.41) is 4.05. The van der Waals surface area contributed by atoms with Crippen molar-refractivity contribution in [1.82, 2.24) is 5.43 Å². The monoisotopic (exact) mass is 477 g/mol. The van der Waals surface area contributed by atoms with Gasteiger partial charge in [-0.05, 0) is 48.0 Å². The predicted octanol–water partition coefficient (Wildman–Crippen LogP) is 3.83. The first-order valence-electron chi connectivity index (χ1n) is 10.2. The lowest BCUT2D eigenvalue weighted by molar-refractivity contribution is -0.118. The second-order valence-electron chi connectivity index (χ2n) is 7.21. The van der Waals surface area contributed by atoms with Crippen LogP contribution in [0.4, 0.5) is 11.4 Å². The van der Waals surface area contributed by atoms with E-state index in [0.717, 1.165) is 0 Å². The van der Waals surface area contributed by atoms with Crippen LogP contribution in [0.25, 0.3) is 6.08 Å². The molecule has 0 unspecified atom stereocenters. The molecule has 4 rings (SSSR count). The zero-order valence-electron chi connectivity index (χ0n) is 18.1. The van der Waals surface area contributed by atoms with E-state index in [1.165, 1.54) is 24.3 Å². The van der Waals surface area contributed by atoms with Crippen molar-refractivity contribution in [3.8, 4) is 11.5 Å². The summed E-state index contributed by atoms with van der Waals surface area (Å²) in [7, 11) is 1.42. The highest BCUT2D eigenvalue weighted by Gasteiger charge is 2.34. The molecule has 3 aromatic rings. The first-order chi connectivity index (χ1) is 16.5. The number of anilines is 2. The Balaban J connectivity index is 1.51.